The van der Waals surface area contributed by atoms with Crippen molar-refractivity contribution in [3.05, 3.63) is 23.8 Å². The van der Waals surface area contributed by atoms with E-state index >= 15 is 0 Å². The SMILES string of the molecule is CC(CC(=O)O)c1cc(C2CC2)ncn1. The minimum absolute atomic E-state index is 0.0389. The largest absolute Gasteiger partial charge is 0.481 e. The van der Waals surface area contributed by atoms with Crippen molar-refractivity contribution in [3.63, 3.8) is 0 Å². The van der Waals surface area contributed by atoms with Gasteiger partial charge in [-0.2, -0.15) is 0 Å². The molecule has 1 unspecified atom stereocenters. The lowest BCUT2D eigenvalue weighted by Crippen LogP contribution is -2.05. The molecule has 1 N–H and O–H groups in total. The maximum atomic E-state index is 10.6. The van der Waals surface area contributed by atoms with E-state index in [9.17, 15) is 4.79 Å². The number of rotatable bonds is 4. The second kappa shape index (κ2) is 3.96. The highest BCUT2D eigenvalue weighted by atomic mass is 16.4. The van der Waals surface area contributed by atoms with Crippen LogP contribution in [0, 0.1) is 0 Å². The molecule has 1 aromatic heterocycles. The molecule has 0 aromatic carbocycles. The lowest BCUT2D eigenvalue weighted by molar-refractivity contribution is -0.137. The number of carbonyl (C=O) groups is 1. The van der Waals surface area contributed by atoms with Crippen LogP contribution in [0.25, 0.3) is 0 Å². The molecule has 1 atom stereocenters. The Morgan fingerprint density at radius 2 is 2.33 bits per heavy atom. The van der Waals surface area contributed by atoms with Gasteiger partial charge in [-0.3, -0.25) is 4.79 Å². The summed E-state index contributed by atoms with van der Waals surface area (Å²) < 4.78 is 0. The third-order valence-electron chi connectivity index (χ3n) is 2.69. The summed E-state index contributed by atoms with van der Waals surface area (Å²) in [5.41, 5.74) is 1.91. The van der Waals surface area contributed by atoms with Crippen molar-refractivity contribution in [2.75, 3.05) is 0 Å². The third kappa shape index (κ3) is 2.52. The number of aliphatic carboxylic acids is 1. The molecule has 0 bridgehead atoms. The topological polar surface area (TPSA) is 63.1 Å². The first kappa shape index (κ1) is 10.1. The van der Waals surface area contributed by atoms with E-state index in [0.29, 0.717) is 5.92 Å². The van der Waals surface area contributed by atoms with Crippen molar-refractivity contribution in [1.29, 1.82) is 0 Å². The minimum atomic E-state index is -0.783. The second-order valence-electron chi connectivity index (χ2n) is 4.14. The summed E-state index contributed by atoms with van der Waals surface area (Å²) in [7, 11) is 0. The Bertz CT molecular complexity index is 375. The van der Waals surface area contributed by atoms with Gasteiger partial charge in [0, 0.05) is 23.2 Å². The average Bonchev–Trinajstić information content (AvgIpc) is 3.00. The maximum Gasteiger partial charge on any atom is 0.304 e. The lowest BCUT2D eigenvalue weighted by Gasteiger charge is -2.08. The van der Waals surface area contributed by atoms with E-state index in [-0.39, 0.29) is 12.3 Å². The molecule has 0 radical (unpaired) electrons. The minimum Gasteiger partial charge on any atom is -0.481 e. The van der Waals surface area contributed by atoms with Crippen LogP contribution >= 0.6 is 0 Å². The number of aromatic nitrogens is 2. The zero-order valence-corrected chi connectivity index (χ0v) is 8.68. The van der Waals surface area contributed by atoms with E-state index < -0.39 is 5.97 Å². The van der Waals surface area contributed by atoms with Crippen molar-refractivity contribution in [2.45, 2.75) is 38.0 Å². The number of hydrogen-bond donors (Lipinski definition) is 1. The molecule has 1 aromatic rings. The van der Waals surface area contributed by atoms with Crippen LogP contribution in [0.3, 0.4) is 0 Å². The predicted octanol–water partition coefficient (Wildman–Crippen LogP) is 1.93. The first-order valence-corrected chi connectivity index (χ1v) is 5.20. The van der Waals surface area contributed by atoms with Crippen LogP contribution in [-0.4, -0.2) is 21.0 Å². The van der Waals surface area contributed by atoms with Crippen molar-refractivity contribution in [2.24, 2.45) is 0 Å². The Labute approximate surface area is 88.4 Å². The zero-order chi connectivity index (χ0) is 10.8. The van der Waals surface area contributed by atoms with E-state index in [0.717, 1.165) is 11.4 Å². The quantitative estimate of drug-likeness (QED) is 0.817. The number of nitrogens with zero attached hydrogens (tertiary/aromatic N) is 2. The van der Waals surface area contributed by atoms with Gasteiger partial charge in [-0.05, 0) is 18.9 Å². The lowest BCUT2D eigenvalue weighted by atomic mass is 10.0. The fourth-order valence-corrected chi connectivity index (χ4v) is 1.63. The molecule has 1 saturated carbocycles. The van der Waals surface area contributed by atoms with Gasteiger partial charge in [-0.15, -0.1) is 0 Å². The van der Waals surface area contributed by atoms with Crippen LogP contribution < -0.4 is 0 Å². The van der Waals surface area contributed by atoms with Gasteiger partial charge in [0.05, 0.1) is 6.42 Å². The number of carboxylic acids is 1. The zero-order valence-electron chi connectivity index (χ0n) is 8.68. The van der Waals surface area contributed by atoms with Crippen LogP contribution in [0.4, 0.5) is 0 Å². The van der Waals surface area contributed by atoms with E-state index in [1.54, 1.807) is 6.33 Å². The third-order valence-corrected chi connectivity index (χ3v) is 2.69. The molecule has 0 aliphatic heterocycles. The molecule has 2 rings (SSSR count). The first-order valence-electron chi connectivity index (χ1n) is 5.20. The molecule has 0 saturated heterocycles. The average molecular weight is 206 g/mol. The Kier molecular flexibility index (Phi) is 2.66. The number of hydrogen-bond acceptors (Lipinski definition) is 3. The molecular formula is C11H14N2O2. The normalized spacial score (nSPS) is 17.4. The van der Waals surface area contributed by atoms with Crippen LogP contribution in [0.15, 0.2) is 12.4 Å². The van der Waals surface area contributed by atoms with Gasteiger partial charge < -0.3 is 5.11 Å². The van der Waals surface area contributed by atoms with Gasteiger partial charge >= 0.3 is 5.97 Å². The van der Waals surface area contributed by atoms with E-state index in [1.165, 1.54) is 12.8 Å². The highest BCUT2D eigenvalue weighted by molar-refractivity contribution is 5.67. The molecule has 4 nitrogen and oxygen atoms in total. The van der Waals surface area contributed by atoms with Crippen molar-refractivity contribution >= 4 is 5.97 Å². The Balaban J connectivity index is 2.12. The molecule has 80 valence electrons. The Hall–Kier alpha value is -1.45. The number of carboxylic acid groups (broad SMARTS) is 1. The summed E-state index contributed by atoms with van der Waals surface area (Å²) >= 11 is 0. The van der Waals surface area contributed by atoms with Crippen LogP contribution in [0.2, 0.25) is 0 Å². The van der Waals surface area contributed by atoms with Crippen LogP contribution in [0.1, 0.15) is 49.4 Å². The standard InChI is InChI=1S/C11H14N2O2/c1-7(4-11(14)15)9-5-10(8-2-3-8)13-6-12-9/h5-8H,2-4H2,1H3,(H,14,15). The molecule has 1 aliphatic carbocycles. The van der Waals surface area contributed by atoms with E-state index in [1.807, 2.05) is 13.0 Å². The van der Waals surface area contributed by atoms with Gasteiger partial charge in [0.1, 0.15) is 6.33 Å². The summed E-state index contributed by atoms with van der Waals surface area (Å²) in [5.74, 6) is -0.235. The van der Waals surface area contributed by atoms with Crippen molar-refractivity contribution < 1.29 is 9.90 Å². The summed E-state index contributed by atoms with van der Waals surface area (Å²) in [6.07, 6.45) is 4.07. The molecular weight excluding hydrogens is 192 g/mol. The second-order valence-corrected chi connectivity index (χ2v) is 4.14. The molecule has 0 amide bonds. The van der Waals surface area contributed by atoms with Gasteiger partial charge in [0.2, 0.25) is 0 Å². The smallest absolute Gasteiger partial charge is 0.304 e. The Morgan fingerprint density at radius 1 is 1.60 bits per heavy atom. The van der Waals surface area contributed by atoms with Gasteiger partial charge in [0.25, 0.3) is 0 Å². The fourth-order valence-electron chi connectivity index (χ4n) is 1.63. The monoisotopic (exact) mass is 206 g/mol. The highest BCUT2D eigenvalue weighted by Crippen LogP contribution is 2.39. The van der Waals surface area contributed by atoms with Gasteiger partial charge in [0.15, 0.2) is 0 Å². The van der Waals surface area contributed by atoms with Crippen molar-refractivity contribution in [1.82, 2.24) is 9.97 Å². The van der Waals surface area contributed by atoms with Gasteiger partial charge in [-0.1, -0.05) is 6.92 Å². The van der Waals surface area contributed by atoms with Crippen LogP contribution in [-0.2, 0) is 4.79 Å². The summed E-state index contributed by atoms with van der Waals surface area (Å²) in [6, 6.07) is 1.95. The molecule has 1 heterocycles. The Morgan fingerprint density at radius 3 is 2.93 bits per heavy atom. The van der Waals surface area contributed by atoms with Crippen LogP contribution in [0.5, 0.6) is 0 Å². The molecule has 1 fully saturated rings. The predicted molar refractivity (Wildman–Crippen MR) is 54.7 cm³/mol. The molecule has 15 heavy (non-hydrogen) atoms. The summed E-state index contributed by atoms with van der Waals surface area (Å²) in [6.45, 7) is 1.88. The molecule has 1 aliphatic rings. The maximum absolute atomic E-state index is 10.6. The molecule has 0 spiro atoms. The summed E-state index contributed by atoms with van der Waals surface area (Å²) in [4.78, 5) is 18.9. The van der Waals surface area contributed by atoms with E-state index in [2.05, 4.69) is 9.97 Å². The van der Waals surface area contributed by atoms with E-state index in [4.69, 9.17) is 5.11 Å². The fraction of sp³-hybridized carbons (Fsp3) is 0.545. The summed E-state index contributed by atoms with van der Waals surface area (Å²) in [5, 5.41) is 8.69. The molecule has 4 heteroatoms. The van der Waals surface area contributed by atoms with Crippen molar-refractivity contribution in [3.8, 4) is 0 Å². The first-order chi connectivity index (χ1) is 7.16. The highest BCUT2D eigenvalue weighted by Gasteiger charge is 2.25. The van der Waals surface area contributed by atoms with Gasteiger partial charge in [-0.25, -0.2) is 9.97 Å².